The lowest BCUT2D eigenvalue weighted by atomic mass is 10.2. The maximum Gasteiger partial charge on any atom is 0.337 e. The van der Waals surface area contributed by atoms with Gasteiger partial charge in [0.15, 0.2) is 11.6 Å². The van der Waals surface area contributed by atoms with Crippen LogP contribution in [0.4, 0.5) is 17.3 Å². The minimum Gasteiger partial charge on any atom is -0.465 e. The summed E-state index contributed by atoms with van der Waals surface area (Å²) in [5.74, 6) is 0.476. The smallest absolute Gasteiger partial charge is 0.337 e. The van der Waals surface area contributed by atoms with Crippen molar-refractivity contribution in [3.8, 4) is 0 Å². The first-order chi connectivity index (χ1) is 11.1. The highest BCUT2D eigenvalue weighted by Gasteiger charge is 2.06. The normalized spacial score (nSPS) is 10.0. The monoisotopic (exact) mass is 314 g/mol. The van der Waals surface area contributed by atoms with Crippen LogP contribution in [0.25, 0.3) is 0 Å². The van der Waals surface area contributed by atoms with Crippen molar-refractivity contribution < 1.29 is 14.3 Å². The average Bonchev–Trinajstić information content (AvgIpc) is 2.57. The Morgan fingerprint density at radius 2 is 1.70 bits per heavy atom. The molecule has 1 aromatic heterocycles. The van der Waals surface area contributed by atoms with E-state index in [4.69, 9.17) is 0 Å². The van der Waals surface area contributed by atoms with Gasteiger partial charge >= 0.3 is 5.97 Å². The van der Waals surface area contributed by atoms with Gasteiger partial charge in [-0.1, -0.05) is 6.92 Å². The van der Waals surface area contributed by atoms with E-state index in [9.17, 15) is 9.59 Å². The van der Waals surface area contributed by atoms with Crippen LogP contribution < -0.4 is 10.6 Å². The number of methoxy groups -OCH3 is 1. The summed E-state index contributed by atoms with van der Waals surface area (Å²) < 4.78 is 4.64. The number of nitrogens with one attached hydrogen (secondary N) is 2. The first-order valence-corrected chi connectivity index (χ1v) is 7.21. The number of amides is 1. The molecule has 0 aliphatic heterocycles. The van der Waals surface area contributed by atoms with Crippen molar-refractivity contribution in [1.29, 1.82) is 0 Å². The second-order valence-corrected chi connectivity index (χ2v) is 4.80. The van der Waals surface area contributed by atoms with Crippen LogP contribution in [0.3, 0.4) is 0 Å². The van der Waals surface area contributed by atoms with Gasteiger partial charge in [-0.2, -0.15) is 0 Å². The highest BCUT2D eigenvalue weighted by molar-refractivity contribution is 5.90. The van der Waals surface area contributed by atoms with E-state index in [0.717, 1.165) is 12.1 Å². The number of benzene rings is 1. The van der Waals surface area contributed by atoms with Crippen LogP contribution in [-0.4, -0.2) is 29.2 Å². The van der Waals surface area contributed by atoms with E-state index in [-0.39, 0.29) is 11.9 Å². The van der Waals surface area contributed by atoms with Gasteiger partial charge in [0.25, 0.3) is 0 Å². The summed E-state index contributed by atoms with van der Waals surface area (Å²) in [7, 11) is 1.34. The Hall–Kier alpha value is -2.96. The Morgan fingerprint density at radius 1 is 1.04 bits per heavy atom. The van der Waals surface area contributed by atoms with E-state index in [1.165, 1.54) is 7.11 Å². The molecule has 0 spiro atoms. The first-order valence-electron chi connectivity index (χ1n) is 7.21. The predicted molar refractivity (Wildman–Crippen MR) is 86.6 cm³/mol. The molecule has 0 aliphatic carbocycles. The van der Waals surface area contributed by atoms with Crippen molar-refractivity contribution in [1.82, 2.24) is 10.2 Å². The second kappa shape index (κ2) is 7.88. The van der Waals surface area contributed by atoms with Crippen LogP contribution >= 0.6 is 0 Å². The Balaban J connectivity index is 1.98. The number of rotatable bonds is 6. The molecule has 2 aromatic rings. The van der Waals surface area contributed by atoms with E-state index in [1.807, 2.05) is 6.92 Å². The number of anilines is 3. The fraction of sp³-hybridized carbons (Fsp3) is 0.250. The van der Waals surface area contributed by atoms with Crippen molar-refractivity contribution in [2.75, 3.05) is 17.7 Å². The van der Waals surface area contributed by atoms with E-state index >= 15 is 0 Å². The lowest BCUT2D eigenvalue weighted by Crippen LogP contribution is -2.12. The topological polar surface area (TPSA) is 93.2 Å². The summed E-state index contributed by atoms with van der Waals surface area (Å²) in [6.45, 7) is 1.93. The summed E-state index contributed by atoms with van der Waals surface area (Å²) in [5, 5.41) is 13.7. The minimum atomic E-state index is -0.386. The number of carbonyl (C=O) groups is 2. The molecule has 23 heavy (non-hydrogen) atoms. The Bertz CT molecular complexity index is 669. The van der Waals surface area contributed by atoms with E-state index in [0.29, 0.717) is 23.6 Å². The van der Waals surface area contributed by atoms with Crippen LogP contribution in [0.15, 0.2) is 36.4 Å². The summed E-state index contributed by atoms with van der Waals surface area (Å²) in [5.41, 5.74) is 1.23. The van der Waals surface area contributed by atoms with Crippen molar-refractivity contribution in [3.05, 3.63) is 42.0 Å². The number of hydrogen-bond donors (Lipinski definition) is 2. The van der Waals surface area contributed by atoms with Crippen molar-refractivity contribution in [2.45, 2.75) is 19.8 Å². The van der Waals surface area contributed by atoms with E-state index in [2.05, 4.69) is 25.6 Å². The quantitative estimate of drug-likeness (QED) is 0.796. The molecule has 2 N–H and O–H groups in total. The van der Waals surface area contributed by atoms with E-state index < -0.39 is 0 Å². The van der Waals surface area contributed by atoms with Gasteiger partial charge in [0.05, 0.1) is 12.7 Å². The zero-order valence-electron chi connectivity index (χ0n) is 13.0. The predicted octanol–water partition coefficient (Wildman–Crippen LogP) is 2.75. The van der Waals surface area contributed by atoms with Gasteiger partial charge < -0.3 is 15.4 Å². The number of aromatic nitrogens is 2. The number of carbonyl (C=O) groups excluding carboxylic acids is 2. The van der Waals surface area contributed by atoms with Crippen LogP contribution in [0.2, 0.25) is 0 Å². The third-order valence-electron chi connectivity index (χ3n) is 2.99. The Kier molecular flexibility index (Phi) is 5.62. The Morgan fingerprint density at radius 3 is 2.26 bits per heavy atom. The zero-order chi connectivity index (χ0) is 16.7. The van der Waals surface area contributed by atoms with Gasteiger partial charge in [0.1, 0.15) is 0 Å². The maximum atomic E-state index is 11.5. The van der Waals surface area contributed by atoms with Gasteiger partial charge in [-0.3, -0.25) is 4.79 Å². The molecule has 0 unspecified atom stereocenters. The molecular formula is C16H18N4O3. The van der Waals surface area contributed by atoms with E-state index in [1.54, 1.807) is 36.4 Å². The van der Waals surface area contributed by atoms with Crippen molar-refractivity contribution in [2.24, 2.45) is 0 Å². The fourth-order valence-electron chi connectivity index (χ4n) is 1.85. The number of esters is 1. The second-order valence-electron chi connectivity index (χ2n) is 4.80. The lowest BCUT2D eigenvalue weighted by molar-refractivity contribution is -0.116. The molecule has 0 fully saturated rings. The molecule has 0 atom stereocenters. The van der Waals surface area contributed by atoms with Gasteiger partial charge in [-0.15, -0.1) is 10.2 Å². The molecule has 1 aromatic carbocycles. The van der Waals surface area contributed by atoms with Crippen LogP contribution in [-0.2, 0) is 9.53 Å². The lowest BCUT2D eigenvalue weighted by Gasteiger charge is -2.07. The SMILES string of the molecule is CCCC(=O)Nc1ccc(Nc2ccc(C(=O)OC)cc2)nn1. The third-order valence-corrected chi connectivity index (χ3v) is 2.99. The molecule has 0 bridgehead atoms. The highest BCUT2D eigenvalue weighted by atomic mass is 16.5. The summed E-state index contributed by atoms with van der Waals surface area (Å²) >= 11 is 0. The van der Waals surface area contributed by atoms with Gasteiger partial charge in [0.2, 0.25) is 5.91 Å². The molecule has 7 heteroatoms. The van der Waals surface area contributed by atoms with Gasteiger partial charge in [0, 0.05) is 12.1 Å². The minimum absolute atomic E-state index is 0.0825. The average molecular weight is 314 g/mol. The molecule has 2 rings (SSSR count). The summed E-state index contributed by atoms with van der Waals surface area (Å²) in [6.07, 6.45) is 1.23. The molecule has 7 nitrogen and oxygen atoms in total. The van der Waals surface area contributed by atoms with Crippen LogP contribution in [0.5, 0.6) is 0 Å². The fourth-order valence-corrected chi connectivity index (χ4v) is 1.85. The standard InChI is InChI=1S/C16H18N4O3/c1-3-4-15(21)18-14-10-9-13(19-20-14)17-12-7-5-11(6-8-12)16(22)23-2/h5-10H,3-4H2,1-2H3,(H,17,19)(H,18,20,21). The molecule has 0 radical (unpaired) electrons. The molecule has 0 saturated carbocycles. The third kappa shape index (κ3) is 4.77. The van der Waals surface area contributed by atoms with Crippen LogP contribution in [0.1, 0.15) is 30.1 Å². The van der Waals surface area contributed by atoms with Crippen LogP contribution in [0, 0.1) is 0 Å². The first kappa shape index (κ1) is 16.4. The molecule has 120 valence electrons. The maximum absolute atomic E-state index is 11.5. The molecular weight excluding hydrogens is 296 g/mol. The van der Waals surface area contributed by atoms with Gasteiger partial charge in [-0.25, -0.2) is 4.79 Å². The molecule has 0 aliphatic rings. The largest absolute Gasteiger partial charge is 0.465 e. The van der Waals surface area contributed by atoms with Gasteiger partial charge in [-0.05, 0) is 42.8 Å². The summed E-state index contributed by atoms with van der Waals surface area (Å²) in [4.78, 5) is 22.8. The highest BCUT2D eigenvalue weighted by Crippen LogP contribution is 2.16. The summed E-state index contributed by atoms with van der Waals surface area (Å²) in [6, 6.07) is 10.2. The van der Waals surface area contributed by atoms with Crippen molar-refractivity contribution in [3.63, 3.8) is 0 Å². The zero-order valence-corrected chi connectivity index (χ0v) is 13.0. The number of hydrogen-bond acceptors (Lipinski definition) is 6. The molecule has 1 heterocycles. The van der Waals surface area contributed by atoms with Crippen molar-refractivity contribution >= 4 is 29.2 Å². The number of nitrogens with zero attached hydrogens (tertiary/aromatic N) is 2. The Labute approximate surface area is 134 Å². The molecule has 1 amide bonds. The molecule has 0 saturated heterocycles. The number of ether oxygens (including phenoxy) is 1.